The fourth-order valence-corrected chi connectivity index (χ4v) is 3.72. The van der Waals surface area contributed by atoms with Gasteiger partial charge in [-0.2, -0.15) is 8.42 Å². The first-order valence-corrected chi connectivity index (χ1v) is 9.20. The first-order chi connectivity index (χ1) is 11.2. The van der Waals surface area contributed by atoms with E-state index in [0.717, 1.165) is 5.56 Å². The van der Waals surface area contributed by atoms with Gasteiger partial charge in [-0.05, 0) is 32.9 Å². The summed E-state index contributed by atoms with van der Waals surface area (Å²) < 4.78 is 46.3. The van der Waals surface area contributed by atoms with Crippen molar-refractivity contribution in [3.05, 3.63) is 29.8 Å². The van der Waals surface area contributed by atoms with Crippen LogP contribution in [0.2, 0.25) is 0 Å². The smallest absolute Gasteiger partial charge is 0.297 e. The van der Waals surface area contributed by atoms with Gasteiger partial charge in [-0.25, -0.2) is 0 Å². The fraction of sp³-hybridized carbons (Fsp3) is 0.625. The van der Waals surface area contributed by atoms with E-state index in [9.17, 15) is 13.5 Å². The summed E-state index contributed by atoms with van der Waals surface area (Å²) in [4.78, 5) is 0.0683. The molecule has 2 saturated heterocycles. The Kier molecular flexibility index (Phi) is 4.71. The minimum atomic E-state index is -3.91. The number of aliphatic hydroxyl groups excluding tert-OH is 1. The van der Waals surface area contributed by atoms with Gasteiger partial charge in [0, 0.05) is 0 Å². The van der Waals surface area contributed by atoms with Gasteiger partial charge < -0.3 is 19.3 Å². The van der Waals surface area contributed by atoms with E-state index in [-0.39, 0.29) is 18.1 Å². The van der Waals surface area contributed by atoms with Crippen molar-refractivity contribution in [3.63, 3.8) is 0 Å². The van der Waals surface area contributed by atoms with Crippen LogP contribution in [0.4, 0.5) is 0 Å². The molecule has 4 atom stereocenters. The average Bonchev–Trinajstić information content (AvgIpc) is 2.81. The van der Waals surface area contributed by atoms with Crippen molar-refractivity contribution in [3.8, 4) is 0 Å². The van der Waals surface area contributed by atoms with Gasteiger partial charge in [-0.1, -0.05) is 17.7 Å². The Morgan fingerprint density at radius 2 is 1.96 bits per heavy atom. The van der Waals surface area contributed by atoms with Crippen molar-refractivity contribution in [1.29, 1.82) is 0 Å². The van der Waals surface area contributed by atoms with E-state index in [1.54, 1.807) is 26.0 Å². The fourth-order valence-electron chi connectivity index (χ4n) is 2.81. The molecule has 0 amide bonds. The molecule has 2 fully saturated rings. The van der Waals surface area contributed by atoms with Gasteiger partial charge >= 0.3 is 0 Å². The van der Waals surface area contributed by atoms with Crippen molar-refractivity contribution in [2.75, 3.05) is 13.2 Å². The zero-order valence-electron chi connectivity index (χ0n) is 13.8. The third-order valence-electron chi connectivity index (χ3n) is 4.15. The normalized spacial score (nSPS) is 32.5. The molecule has 3 rings (SSSR count). The van der Waals surface area contributed by atoms with E-state index in [1.807, 2.05) is 6.92 Å². The number of hydrogen-bond donors (Lipinski definition) is 1. The third-order valence-corrected chi connectivity index (χ3v) is 5.44. The predicted molar refractivity (Wildman–Crippen MR) is 83.9 cm³/mol. The van der Waals surface area contributed by atoms with Crippen LogP contribution in [-0.4, -0.2) is 56.9 Å². The van der Waals surface area contributed by atoms with Crippen molar-refractivity contribution >= 4 is 10.1 Å². The van der Waals surface area contributed by atoms with Crippen molar-refractivity contribution in [1.82, 2.24) is 0 Å². The highest BCUT2D eigenvalue weighted by molar-refractivity contribution is 7.86. The minimum absolute atomic E-state index is 0.0683. The Morgan fingerprint density at radius 3 is 2.62 bits per heavy atom. The summed E-state index contributed by atoms with van der Waals surface area (Å²) in [5, 5.41) is 10.3. The third kappa shape index (κ3) is 3.63. The predicted octanol–water partition coefficient (Wildman–Crippen LogP) is 0.980. The molecule has 8 heteroatoms. The maximum atomic E-state index is 12.2. The molecule has 7 nitrogen and oxygen atoms in total. The average molecular weight is 358 g/mol. The molecule has 0 unspecified atom stereocenters. The highest BCUT2D eigenvalue weighted by atomic mass is 32.2. The zero-order valence-corrected chi connectivity index (χ0v) is 14.7. The van der Waals surface area contributed by atoms with Crippen LogP contribution < -0.4 is 0 Å². The lowest BCUT2D eigenvalue weighted by atomic mass is 10.1. The number of aliphatic hydroxyl groups is 1. The molecule has 2 aliphatic rings. The number of benzene rings is 1. The van der Waals surface area contributed by atoms with E-state index in [2.05, 4.69) is 0 Å². The monoisotopic (exact) mass is 358 g/mol. The van der Waals surface area contributed by atoms with Gasteiger partial charge in [0.1, 0.15) is 24.4 Å². The largest absolute Gasteiger partial charge is 0.387 e. The summed E-state index contributed by atoms with van der Waals surface area (Å²) in [6.07, 6.45) is -2.78. The number of ether oxygens (including phenoxy) is 3. The molecular formula is C16H22O7S. The van der Waals surface area contributed by atoms with Gasteiger partial charge in [-0.15, -0.1) is 0 Å². The molecule has 0 aliphatic carbocycles. The summed E-state index contributed by atoms with van der Waals surface area (Å²) in [7, 11) is -3.91. The Labute approximate surface area is 141 Å². The molecule has 134 valence electrons. The molecule has 0 radical (unpaired) electrons. The van der Waals surface area contributed by atoms with Gasteiger partial charge in [0.2, 0.25) is 0 Å². The van der Waals surface area contributed by atoms with Crippen LogP contribution in [-0.2, 0) is 28.5 Å². The lowest BCUT2D eigenvalue weighted by Crippen LogP contribution is -2.50. The van der Waals surface area contributed by atoms with Gasteiger partial charge in [0.15, 0.2) is 5.79 Å². The number of hydrogen-bond acceptors (Lipinski definition) is 7. The minimum Gasteiger partial charge on any atom is -0.387 e. The summed E-state index contributed by atoms with van der Waals surface area (Å²) in [6, 6.07) is 6.35. The van der Waals surface area contributed by atoms with Gasteiger partial charge in [-0.3, -0.25) is 4.18 Å². The summed E-state index contributed by atoms with van der Waals surface area (Å²) >= 11 is 0. The van der Waals surface area contributed by atoms with E-state index < -0.39 is 40.3 Å². The first-order valence-electron chi connectivity index (χ1n) is 7.79. The lowest BCUT2D eigenvalue weighted by Gasteiger charge is -2.37. The van der Waals surface area contributed by atoms with Crippen LogP contribution in [0.5, 0.6) is 0 Å². The molecule has 1 N–H and O–H groups in total. The van der Waals surface area contributed by atoms with E-state index in [0.29, 0.717) is 0 Å². The van der Waals surface area contributed by atoms with Crippen molar-refractivity contribution < 1.29 is 31.9 Å². The highest BCUT2D eigenvalue weighted by Crippen LogP contribution is 2.33. The van der Waals surface area contributed by atoms with E-state index in [4.69, 9.17) is 18.4 Å². The Hall–Kier alpha value is -1.03. The van der Waals surface area contributed by atoms with Gasteiger partial charge in [0.25, 0.3) is 10.1 Å². The van der Waals surface area contributed by atoms with Crippen LogP contribution in [0, 0.1) is 6.92 Å². The Balaban J connectivity index is 1.64. The van der Waals surface area contributed by atoms with Crippen LogP contribution in [0.3, 0.4) is 0 Å². The van der Waals surface area contributed by atoms with Crippen molar-refractivity contribution in [2.45, 2.75) is 55.9 Å². The summed E-state index contributed by atoms with van der Waals surface area (Å²) in [6.45, 7) is 5.36. The standard InChI is InChI=1S/C16H22O7S/c1-10-4-6-11(7-5-10)24(18,19)21-9-12-14(17)15-13(22-12)8-20-16(2,3)23-15/h4-7,12-15,17H,8-9H2,1-3H3/t12-,13+,14-,15-/m1/s1. The molecule has 2 aliphatic heterocycles. The molecular weight excluding hydrogens is 336 g/mol. The topological polar surface area (TPSA) is 91.3 Å². The number of fused-ring (bicyclic) bond motifs is 1. The maximum Gasteiger partial charge on any atom is 0.297 e. The second kappa shape index (κ2) is 6.36. The van der Waals surface area contributed by atoms with Crippen LogP contribution in [0.1, 0.15) is 19.4 Å². The second-order valence-electron chi connectivity index (χ2n) is 6.55. The van der Waals surface area contributed by atoms with Crippen LogP contribution in [0.25, 0.3) is 0 Å². The zero-order chi connectivity index (χ0) is 17.5. The molecule has 0 spiro atoms. The first kappa shape index (κ1) is 17.8. The molecule has 2 heterocycles. The van der Waals surface area contributed by atoms with Crippen LogP contribution in [0.15, 0.2) is 29.2 Å². The molecule has 0 aromatic heterocycles. The van der Waals surface area contributed by atoms with E-state index >= 15 is 0 Å². The highest BCUT2D eigenvalue weighted by Gasteiger charge is 2.50. The SMILES string of the molecule is Cc1ccc(S(=O)(=O)OC[C@H]2O[C@H]3COC(C)(C)O[C@H]3[C@@H]2O)cc1. The molecule has 1 aromatic rings. The Morgan fingerprint density at radius 1 is 1.29 bits per heavy atom. The van der Waals surface area contributed by atoms with E-state index in [1.165, 1.54) is 12.1 Å². The number of rotatable bonds is 4. The summed E-state index contributed by atoms with van der Waals surface area (Å²) in [5.41, 5.74) is 0.951. The molecule has 24 heavy (non-hydrogen) atoms. The van der Waals surface area contributed by atoms with Gasteiger partial charge in [0.05, 0.1) is 18.1 Å². The Bertz CT molecular complexity index is 683. The maximum absolute atomic E-state index is 12.2. The molecule has 0 bridgehead atoms. The number of aryl methyl sites for hydroxylation is 1. The van der Waals surface area contributed by atoms with Crippen molar-refractivity contribution in [2.24, 2.45) is 0 Å². The molecule has 1 aromatic carbocycles. The van der Waals surface area contributed by atoms with Crippen LogP contribution >= 0.6 is 0 Å². The quantitative estimate of drug-likeness (QED) is 0.802. The second-order valence-corrected chi connectivity index (χ2v) is 8.16. The molecule has 0 saturated carbocycles. The lowest BCUT2D eigenvalue weighted by molar-refractivity contribution is -0.300. The summed E-state index contributed by atoms with van der Waals surface area (Å²) in [5.74, 6) is -0.810.